The Morgan fingerprint density at radius 2 is 0.958 bits per heavy atom. The number of esters is 1. The van der Waals surface area contributed by atoms with Crippen LogP contribution < -0.4 is 0 Å². The SMILES string of the molecule is CCCCCCCCCCCCCCCC(=O)OC(COCCC(C)CCCCCCCCCCCC)COC1C(O)C(O)C(O)C1O. The summed E-state index contributed by atoms with van der Waals surface area (Å²) >= 11 is 0. The Bertz CT molecular complexity index is 707. The van der Waals surface area contributed by atoms with Gasteiger partial charge in [0.25, 0.3) is 0 Å². The fraction of sp³-hybridized carbons (Fsp3) is 0.975. The Morgan fingerprint density at radius 3 is 1.42 bits per heavy atom. The summed E-state index contributed by atoms with van der Waals surface area (Å²) in [6, 6.07) is 0. The van der Waals surface area contributed by atoms with Gasteiger partial charge in [-0.2, -0.15) is 0 Å². The lowest BCUT2D eigenvalue weighted by molar-refractivity contribution is -0.163. The second-order valence-corrected chi connectivity index (χ2v) is 14.8. The smallest absolute Gasteiger partial charge is 0.306 e. The van der Waals surface area contributed by atoms with Crippen LogP contribution in [0.25, 0.3) is 0 Å². The first-order chi connectivity index (χ1) is 23.3. The van der Waals surface area contributed by atoms with Crippen molar-refractivity contribution in [2.45, 2.75) is 224 Å². The van der Waals surface area contributed by atoms with E-state index < -0.39 is 36.6 Å². The van der Waals surface area contributed by atoms with Crippen molar-refractivity contribution in [3.05, 3.63) is 0 Å². The molecule has 0 amide bonds. The first kappa shape index (κ1) is 45.3. The van der Waals surface area contributed by atoms with E-state index in [9.17, 15) is 25.2 Å². The van der Waals surface area contributed by atoms with Crippen molar-refractivity contribution in [1.29, 1.82) is 0 Å². The summed E-state index contributed by atoms with van der Waals surface area (Å²) in [4.78, 5) is 12.7. The molecule has 6 unspecified atom stereocenters. The van der Waals surface area contributed by atoms with Crippen LogP contribution in [0.1, 0.15) is 188 Å². The first-order valence-corrected chi connectivity index (χ1v) is 20.4. The van der Waals surface area contributed by atoms with Crippen molar-refractivity contribution in [3.8, 4) is 0 Å². The lowest BCUT2D eigenvalue weighted by Gasteiger charge is -2.24. The number of unbranched alkanes of at least 4 members (excludes halogenated alkanes) is 21. The van der Waals surface area contributed by atoms with E-state index in [1.165, 1.54) is 135 Å². The van der Waals surface area contributed by atoms with Crippen molar-refractivity contribution in [2.75, 3.05) is 19.8 Å². The molecule has 6 atom stereocenters. The van der Waals surface area contributed by atoms with Gasteiger partial charge in [-0.1, -0.05) is 168 Å². The molecule has 0 saturated heterocycles. The number of aliphatic hydroxyl groups is 4. The lowest BCUT2D eigenvalue weighted by atomic mass is 9.99. The molecule has 1 rings (SSSR count). The predicted octanol–water partition coefficient (Wildman–Crippen LogP) is 8.58. The minimum atomic E-state index is -1.49. The van der Waals surface area contributed by atoms with Gasteiger partial charge in [0.1, 0.15) is 36.6 Å². The predicted molar refractivity (Wildman–Crippen MR) is 195 cm³/mol. The molecular formula is C40H78O8. The summed E-state index contributed by atoms with van der Waals surface area (Å²) in [6.45, 7) is 7.38. The second kappa shape index (κ2) is 31.0. The highest BCUT2D eigenvalue weighted by molar-refractivity contribution is 5.69. The summed E-state index contributed by atoms with van der Waals surface area (Å²) in [5.41, 5.74) is 0. The molecule has 1 saturated carbocycles. The highest BCUT2D eigenvalue weighted by Gasteiger charge is 2.49. The third kappa shape index (κ3) is 22.8. The van der Waals surface area contributed by atoms with E-state index in [4.69, 9.17) is 14.2 Å². The molecule has 0 aliphatic heterocycles. The number of hydrogen-bond donors (Lipinski definition) is 4. The van der Waals surface area contributed by atoms with Crippen LogP contribution in [0.15, 0.2) is 0 Å². The van der Waals surface area contributed by atoms with Gasteiger partial charge in [0.05, 0.1) is 13.2 Å². The van der Waals surface area contributed by atoms with E-state index in [1.807, 2.05) is 0 Å². The van der Waals surface area contributed by atoms with E-state index in [0.29, 0.717) is 18.9 Å². The largest absolute Gasteiger partial charge is 0.457 e. The topological polar surface area (TPSA) is 126 Å². The Labute approximate surface area is 295 Å². The summed E-state index contributed by atoms with van der Waals surface area (Å²) < 4.78 is 17.3. The van der Waals surface area contributed by atoms with Crippen molar-refractivity contribution in [1.82, 2.24) is 0 Å². The molecule has 1 aliphatic carbocycles. The quantitative estimate of drug-likeness (QED) is 0.0392. The Balaban J connectivity index is 2.28. The minimum absolute atomic E-state index is 0.100. The molecule has 4 N–H and O–H groups in total. The Kier molecular flexibility index (Phi) is 29.2. The average Bonchev–Trinajstić information content (AvgIpc) is 3.26. The molecule has 48 heavy (non-hydrogen) atoms. The fourth-order valence-corrected chi connectivity index (χ4v) is 6.68. The molecule has 0 aromatic heterocycles. The number of aliphatic hydroxyl groups excluding tert-OH is 4. The van der Waals surface area contributed by atoms with Crippen molar-refractivity contribution in [2.24, 2.45) is 5.92 Å². The maximum absolute atomic E-state index is 12.7. The van der Waals surface area contributed by atoms with Crippen LogP contribution in [0.5, 0.6) is 0 Å². The summed E-state index contributed by atoms with van der Waals surface area (Å²) in [5, 5.41) is 40.2. The maximum Gasteiger partial charge on any atom is 0.306 e. The van der Waals surface area contributed by atoms with Crippen molar-refractivity contribution in [3.63, 3.8) is 0 Å². The molecule has 1 aliphatic rings. The van der Waals surface area contributed by atoms with Crippen LogP contribution in [-0.4, -0.2) is 82.8 Å². The Morgan fingerprint density at radius 1 is 0.542 bits per heavy atom. The maximum atomic E-state index is 12.7. The van der Waals surface area contributed by atoms with Gasteiger partial charge in [0.15, 0.2) is 0 Å². The third-order valence-electron chi connectivity index (χ3n) is 10.1. The van der Waals surface area contributed by atoms with Crippen LogP contribution in [-0.2, 0) is 19.0 Å². The van der Waals surface area contributed by atoms with Crippen LogP contribution in [0, 0.1) is 5.92 Å². The molecule has 0 aromatic rings. The van der Waals surface area contributed by atoms with Crippen molar-refractivity contribution < 1.29 is 39.4 Å². The Hall–Kier alpha value is -0.770. The molecule has 8 heteroatoms. The highest BCUT2D eigenvalue weighted by atomic mass is 16.6. The first-order valence-electron chi connectivity index (χ1n) is 20.4. The van der Waals surface area contributed by atoms with E-state index in [2.05, 4.69) is 20.8 Å². The zero-order valence-corrected chi connectivity index (χ0v) is 31.5. The van der Waals surface area contributed by atoms with Gasteiger partial charge >= 0.3 is 5.97 Å². The van der Waals surface area contributed by atoms with Crippen LogP contribution in [0.4, 0.5) is 0 Å². The van der Waals surface area contributed by atoms with Gasteiger partial charge in [0.2, 0.25) is 0 Å². The van der Waals surface area contributed by atoms with E-state index in [-0.39, 0.29) is 19.2 Å². The van der Waals surface area contributed by atoms with Gasteiger partial charge in [-0.15, -0.1) is 0 Å². The van der Waals surface area contributed by atoms with Gasteiger partial charge < -0.3 is 34.6 Å². The highest BCUT2D eigenvalue weighted by Crippen LogP contribution is 2.25. The van der Waals surface area contributed by atoms with Gasteiger partial charge in [0, 0.05) is 13.0 Å². The van der Waals surface area contributed by atoms with Gasteiger partial charge in [-0.05, 0) is 18.8 Å². The van der Waals surface area contributed by atoms with E-state index in [0.717, 1.165) is 25.7 Å². The third-order valence-corrected chi connectivity index (χ3v) is 10.1. The van der Waals surface area contributed by atoms with Gasteiger partial charge in [-0.3, -0.25) is 4.79 Å². The van der Waals surface area contributed by atoms with E-state index in [1.54, 1.807) is 0 Å². The summed E-state index contributed by atoms with van der Waals surface area (Å²) in [6.07, 6.45) is 24.2. The molecule has 0 aromatic carbocycles. The summed E-state index contributed by atoms with van der Waals surface area (Å²) in [7, 11) is 0. The molecule has 0 spiro atoms. The van der Waals surface area contributed by atoms with E-state index >= 15 is 0 Å². The second-order valence-electron chi connectivity index (χ2n) is 14.8. The number of hydrogen-bond acceptors (Lipinski definition) is 8. The normalized spacial score (nSPS) is 22.3. The van der Waals surface area contributed by atoms with Gasteiger partial charge in [-0.25, -0.2) is 0 Å². The van der Waals surface area contributed by atoms with Crippen LogP contribution in [0.3, 0.4) is 0 Å². The molecule has 0 bridgehead atoms. The molecule has 8 nitrogen and oxygen atoms in total. The zero-order chi connectivity index (χ0) is 35.2. The fourth-order valence-electron chi connectivity index (χ4n) is 6.68. The van der Waals surface area contributed by atoms with Crippen LogP contribution >= 0.6 is 0 Å². The minimum Gasteiger partial charge on any atom is -0.457 e. The number of rotatable bonds is 34. The lowest BCUT2D eigenvalue weighted by Crippen LogP contribution is -2.39. The molecule has 0 heterocycles. The zero-order valence-electron chi connectivity index (χ0n) is 31.5. The number of carbonyl (C=O) groups is 1. The summed E-state index contributed by atoms with van der Waals surface area (Å²) in [5.74, 6) is 0.246. The standard InChI is InChI=1S/C40H78O8/c1-4-6-8-10-12-14-16-17-18-20-22-24-26-28-35(41)48-34(32-47-40-38(44)36(42)37(43)39(40)45)31-46-30-29-33(3)27-25-23-21-19-15-13-11-9-7-5-2/h33-34,36-40,42-45H,4-32H2,1-3H3. The molecule has 0 radical (unpaired) electrons. The van der Waals surface area contributed by atoms with Crippen molar-refractivity contribution >= 4 is 5.97 Å². The molecule has 1 fully saturated rings. The van der Waals surface area contributed by atoms with Crippen LogP contribution in [0.2, 0.25) is 0 Å². The molecule has 286 valence electrons. The monoisotopic (exact) mass is 687 g/mol. The number of ether oxygens (including phenoxy) is 3. The molecular weight excluding hydrogens is 608 g/mol. The average molecular weight is 687 g/mol. The number of carbonyl (C=O) groups excluding carboxylic acids is 1.